The highest BCUT2D eigenvalue weighted by Crippen LogP contribution is 2.48. The summed E-state index contributed by atoms with van der Waals surface area (Å²) in [4.78, 5) is 21.9. The van der Waals surface area contributed by atoms with Crippen LogP contribution in [0.5, 0.6) is 0 Å². The third-order valence-electron chi connectivity index (χ3n) is 2.60. The molecule has 98 valence electrons. The Bertz CT molecular complexity index is 504. The van der Waals surface area contributed by atoms with Crippen LogP contribution in [0.15, 0.2) is 10.6 Å². The third-order valence-corrected chi connectivity index (χ3v) is 2.60. The predicted octanol–water partition coefficient (Wildman–Crippen LogP) is 1.20. The van der Waals surface area contributed by atoms with E-state index in [1.807, 2.05) is 0 Å². The minimum absolute atomic E-state index is 0.203. The number of hydrogen-bond acceptors (Lipinski definition) is 4. The minimum atomic E-state index is -4.54. The van der Waals surface area contributed by atoms with Gasteiger partial charge in [0.25, 0.3) is 5.91 Å². The van der Waals surface area contributed by atoms with Crippen molar-refractivity contribution in [2.45, 2.75) is 24.6 Å². The summed E-state index contributed by atoms with van der Waals surface area (Å²) in [6.07, 6.45) is -4.94. The second kappa shape index (κ2) is 3.72. The van der Waals surface area contributed by atoms with Crippen LogP contribution in [0.4, 0.5) is 13.2 Å². The lowest BCUT2D eigenvalue weighted by Crippen LogP contribution is -2.47. The van der Waals surface area contributed by atoms with Crippen LogP contribution in [-0.4, -0.2) is 33.9 Å². The number of halogens is 3. The van der Waals surface area contributed by atoms with E-state index < -0.39 is 35.0 Å². The molecule has 0 unspecified atom stereocenters. The Morgan fingerprint density at radius 1 is 1.44 bits per heavy atom. The van der Waals surface area contributed by atoms with Gasteiger partial charge in [0.05, 0.1) is 0 Å². The largest absolute Gasteiger partial charge is 0.475 e. The Labute approximate surface area is 97.7 Å². The molecule has 0 spiro atoms. The fraction of sp³-hybridized carbons (Fsp3) is 0.444. The van der Waals surface area contributed by atoms with Crippen LogP contribution in [0.2, 0.25) is 0 Å². The van der Waals surface area contributed by atoms with E-state index in [1.165, 1.54) is 0 Å². The van der Waals surface area contributed by atoms with Crippen molar-refractivity contribution in [1.29, 1.82) is 0 Å². The Morgan fingerprint density at radius 3 is 2.44 bits per heavy atom. The maximum absolute atomic E-state index is 12.6. The zero-order valence-corrected chi connectivity index (χ0v) is 8.74. The van der Waals surface area contributed by atoms with Crippen LogP contribution in [0.1, 0.15) is 33.9 Å². The van der Waals surface area contributed by atoms with E-state index in [9.17, 15) is 22.8 Å². The molecule has 1 aromatic heterocycles. The second-order valence-corrected chi connectivity index (χ2v) is 3.92. The third kappa shape index (κ3) is 2.03. The van der Waals surface area contributed by atoms with Gasteiger partial charge in [-0.1, -0.05) is 5.16 Å². The Morgan fingerprint density at radius 2 is 2.06 bits per heavy atom. The predicted molar refractivity (Wildman–Crippen MR) is 48.9 cm³/mol. The van der Waals surface area contributed by atoms with Gasteiger partial charge in [-0.05, 0) is 12.8 Å². The summed E-state index contributed by atoms with van der Waals surface area (Å²) in [6, 6.07) is 0.768. The summed E-state index contributed by atoms with van der Waals surface area (Å²) in [7, 11) is 0. The number of nitrogens with one attached hydrogen (secondary N) is 1. The second-order valence-electron chi connectivity index (χ2n) is 3.92. The molecule has 1 fully saturated rings. The summed E-state index contributed by atoms with van der Waals surface area (Å²) in [5, 5.41) is 13.4. The lowest BCUT2D eigenvalue weighted by Gasteiger charge is -2.19. The molecule has 9 heteroatoms. The minimum Gasteiger partial charge on any atom is -0.475 e. The number of aromatic carboxylic acids is 1. The lowest BCUT2D eigenvalue weighted by molar-refractivity contribution is -0.163. The number of carbonyl (C=O) groups excluding carboxylic acids is 1. The van der Waals surface area contributed by atoms with Crippen molar-refractivity contribution in [2.75, 3.05) is 0 Å². The average Bonchev–Trinajstić information content (AvgIpc) is 2.87. The van der Waals surface area contributed by atoms with Crippen LogP contribution in [0, 0.1) is 0 Å². The van der Waals surface area contributed by atoms with E-state index in [1.54, 1.807) is 5.32 Å². The molecule has 1 aromatic rings. The van der Waals surface area contributed by atoms with Gasteiger partial charge in [0.2, 0.25) is 5.76 Å². The number of rotatable bonds is 3. The number of amides is 1. The van der Waals surface area contributed by atoms with Crippen molar-refractivity contribution in [3.8, 4) is 0 Å². The molecule has 1 aliphatic carbocycles. The fourth-order valence-electron chi connectivity index (χ4n) is 1.37. The zero-order chi connectivity index (χ0) is 13.6. The molecule has 1 saturated carbocycles. The molecular weight excluding hydrogens is 257 g/mol. The highest BCUT2D eigenvalue weighted by molar-refractivity contribution is 5.95. The van der Waals surface area contributed by atoms with Crippen LogP contribution in [0.3, 0.4) is 0 Å². The van der Waals surface area contributed by atoms with Crippen LogP contribution in [0.25, 0.3) is 0 Å². The van der Waals surface area contributed by atoms with Gasteiger partial charge in [-0.3, -0.25) is 4.79 Å². The summed E-state index contributed by atoms with van der Waals surface area (Å²) >= 11 is 0. The first-order valence-electron chi connectivity index (χ1n) is 4.84. The first-order valence-corrected chi connectivity index (χ1v) is 4.84. The van der Waals surface area contributed by atoms with Crippen molar-refractivity contribution >= 4 is 11.9 Å². The molecule has 1 aliphatic rings. The van der Waals surface area contributed by atoms with E-state index in [4.69, 9.17) is 5.11 Å². The van der Waals surface area contributed by atoms with Gasteiger partial charge in [0.15, 0.2) is 5.69 Å². The van der Waals surface area contributed by atoms with Gasteiger partial charge in [-0.2, -0.15) is 13.2 Å². The number of carboxylic acids is 1. The van der Waals surface area contributed by atoms with E-state index in [0.717, 1.165) is 6.07 Å². The first-order chi connectivity index (χ1) is 8.25. The average molecular weight is 264 g/mol. The number of hydrogen-bond donors (Lipinski definition) is 2. The molecule has 0 atom stereocenters. The normalized spacial score (nSPS) is 17.3. The van der Waals surface area contributed by atoms with Crippen molar-refractivity contribution in [3.63, 3.8) is 0 Å². The maximum Gasteiger partial charge on any atom is 0.411 e. The molecule has 1 heterocycles. The van der Waals surface area contributed by atoms with Crippen molar-refractivity contribution < 1.29 is 32.4 Å². The topological polar surface area (TPSA) is 92.4 Å². The number of aromatic nitrogens is 1. The van der Waals surface area contributed by atoms with Crippen molar-refractivity contribution in [3.05, 3.63) is 17.5 Å². The molecule has 1 amide bonds. The zero-order valence-electron chi connectivity index (χ0n) is 8.74. The van der Waals surface area contributed by atoms with Gasteiger partial charge in [0, 0.05) is 6.07 Å². The molecule has 0 aliphatic heterocycles. The molecule has 0 radical (unpaired) electrons. The van der Waals surface area contributed by atoms with Crippen LogP contribution in [-0.2, 0) is 0 Å². The van der Waals surface area contributed by atoms with Gasteiger partial charge < -0.3 is 14.9 Å². The maximum atomic E-state index is 12.6. The Hall–Kier alpha value is -2.06. The smallest absolute Gasteiger partial charge is 0.411 e. The van der Waals surface area contributed by atoms with Gasteiger partial charge in [-0.25, -0.2) is 4.79 Å². The first kappa shape index (κ1) is 12.4. The fourth-order valence-corrected chi connectivity index (χ4v) is 1.37. The molecular formula is C9H7F3N2O4. The Balaban J connectivity index is 2.11. The standard InChI is InChI=1S/C9H7F3N2O4/c10-9(11,12)8(1-2-8)13-6(15)4-3-5(7(16)17)18-14-4/h3H,1-2H2,(H,13,15)(H,16,17). The molecule has 0 saturated heterocycles. The summed E-state index contributed by atoms with van der Waals surface area (Å²) in [5.74, 6) is -3.18. The van der Waals surface area contributed by atoms with Crippen molar-refractivity contribution in [2.24, 2.45) is 0 Å². The SMILES string of the molecule is O=C(NC1(C(F)(F)F)CC1)c1cc(C(=O)O)on1. The number of carbonyl (C=O) groups is 2. The van der Waals surface area contributed by atoms with Gasteiger partial charge in [0.1, 0.15) is 5.54 Å². The lowest BCUT2D eigenvalue weighted by atomic mass is 10.2. The number of nitrogens with zero attached hydrogens (tertiary/aromatic N) is 1. The summed E-state index contributed by atoms with van der Waals surface area (Å²) in [6.45, 7) is 0. The van der Waals surface area contributed by atoms with E-state index in [0.29, 0.717) is 0 Å². The van der Waals surface area contributed by atoms with Crippen LogP contribution < -0.4 is 5.32 Å². The number of carboxylic acid groups (broad SMARTS) is 1. The van der Waals surface area contributed by atoms with E-state index in [2.05, 4.69) is 9.68 Å². The van der Waals surface area contributed by atoms with Gasteiger partial charge in [-0.15, -0.1) is 0 Å². The monoisotopic (exact) mass is 264 g/mol. The molecule has 2 rings (SSSR count). The molecule has 0 aromatic carbocycles. The Kier molecular flexibility index (Phi) is 2.56. The molecule has 6 nitrogen and oxygen atoms in total. The van der Waals surface area contributed by atoms with Gasteiger partial charge >= 0.3 is 12.1 Å². The summed E-state index contributed by atoms with van der Waals surface area (Å²) < 4.78 is 41.9. The highest BCUT2D eigenvalue weighted by Gasteiger charge is 2.64. The number of alkyl halides is 3. The molecule has 2 N–H and O–H groups in total. The van der Waals surface area contributed by atoms with Crippen molar-refractivity contribution in [1.82, 2.24) is 10.5 Å². The van der Waals surface area contributed by atoms with E-state index >= 15 is 0 Å². The molecule has 18 heavy (non-hydrogen) atoms. The molecule has 0 bridgehead atoms. The quantitative estimate of drug-likeness (QED) is 0.855. The summed E-state index contributed by atoms with van der Waals surface area (Å²) in [5.41, 5.74) is -2.71. The van der Waals surface area contributed by atoms with E-state index in [-0.39, 0.29) is 12.8 Å². The highest BCUT2D eigenvalue weighted by atomic mass is 19.4. The van der Waals surface area contributed by atoms with Crippen LogP contribution >= 0.6 is 0 Å².